The molecule has 0 saturated heterocycles. The van der Waals surface area contributed by atoms with Crippen LogP contribution in [-0.4, -0.2) is 37.1 Å². The maximum atomic E-state index is 13.3. The number of carbonyl (C=O) groups is 1. The molecule has 0 aliphatic heterocycles. The minimum atomic E-state index is -4.46. The number of carbonyl (C=O) groups excluding carboxylic acids is 1. The molecule has 3 rings (SSSR count). The zero-order chi connectivity index (χ0) is 21.1. The first-order valence-corrected chi connectivity index (χ1v) is 9.94. The number of rotatable bonds is 7. The fourth-order valence-corrected chi connectivity index (χ4v) is 4.02. The Balaban J connectivity index is 1.91. The maximum Gasteiger partial charge on any atom is 0.416 e. The molecule has 0 saturated carbocycles. The Kier molecular flexibility index (Phi) is 6.32. The number of hydrogen-bond donors (Lipinski definition) is 0. The molecular weight excluding hydrogens is 379 g/mol. The van der Waals surface area contributed by atoms with Crippen LogP contribution in [0.15, 0.2) is 48.5 Å². The summed E-state index contributed by atoms with van der Waals surface area (Å²) in [6.07, 6.45) is -3.78. The lowest BCUT2D eigenvalue weighted by Crippen LogP contribution is -2.40. The van der Waals surface area contributed by atoms with Crippen molar-refractivity contribution in [1.82, 2.24) is 4.90 Å². The number of hydrogen-bond acceptors (Lipinski definition) is 3. The molecule has 0 N–H and O–H groups in total. The average molecular weight is 405 g/mol. The van der Waals surface area contributed by atoms with Crippen molar-refractivity contribution in [3.05, 3.63) is 70.8 Å². The number of benzene rings is 2. The summed E-state index contributed by atoms with van der Waals surface area (Å²) in [6, 6.07) is 12.7. The Morgan fingerprint density at radius 1 is 1.03 bits per heavy atom. The van der Waals surface area contributed by atoms with Gasteiger partial charge in [-0.05, 0) is 48.7 Å². The molecule has 6 heteroatoms. The van der Waals surface area contributed by atoms with Crippen molar-refractivity contribution in [2.75, 3.05) is 26.2 Å². The monoisotopic (exact) mass is 405 g/mol. The van der Waals surface area contributed by atoms with Crippen molar-refractivity contribution >= 4 is 5.97 Å². The first kappa shape index (κ1) is 21.4. The highest BCUT2D eigenvalue weighted by Gasteiger charge is 2.47. The van der Waals surface area contributed by atoms with Crippen LogP contribution in [0.5, 0.6) is 0 Å². The summed E-state index contributed by atoms with van der Waals surface area (Å²) in [6.45, 7) is 6.57. The lowest BCUT2D eigenvalue weighted by Gasteiger charge is -2.29. The number of esters is 1. The molecule has 0 fully saturated rings. The van der Waals surface area contributed by atoms with E-state index in [4.69, 9.17) is 4.74 Å². The summed E-state index contributed by atoms with van der Waals surface area (Å²) in [5.41, 5.74) is 0.433. The molecule has 156 valence electrons. The van der Waals surface area contributed by atoms with E-state index in [1.807, 2.05) is 38.1 Å². The first-order valence-electron chi connectivity index (χ1n) is 9.94. The first-order chi connectivity index (χ1) is 13.8. The molecular formula is C23H26F3NO2. The van der Waals surface area contributed by atoms with Crippen LogP contribution in [-0.2, 0) is 34.0 Å². The summed E-state index contributed by atoms with van der Waals surface area (Å²) in [5.74, 6) is -0.458. The van der Waals surface area contributed by atoms with Crippen molar-refractivity contribution in [2.24, 2.45) is 0 Å². The fourth-order valence-electron chi connectivity index (χ4n) is 4.02. The lowest BCUT2D eigenvalue weighted by atomic mass is 9.77. The third kappa shape index (κ3) is 4.47. The van der Waals surface area contributed by atoms with Gasteiger partial charge in [0.15, 0.2) is 0 Å². The summed E-state index contributed by atoms with van der Waals surface area (Å²) in [4.78, 5) is 15.4. The fraction of sp³-hybridized carbons (Fsp3) is 0.435. The van der Waals surface area contributed by atoms with Gasteiger partial charge < -0.3 is 9.64 Å². The Bertz CT molecular complexity index is 834. The zero-order valence-corrected chi connectivity index (χ0v) is 16.8. The van der Waals surface area contributed by atoms with Crippen molar-refractivity contribution < 1.29 is 22.7 Å². The van der Waals surface area contributed by atoms with Crippen molar-refractivity contribution in [3.63, 3.8) is 0 Å². The molecule has 3 nitrogen and oxygen atoms in total. The number of ether oxygens (including phenoxy) is 1. The molecule has 0 spiro atoms. The highest BCUT2D eigenvalue weighted by atomic mass is 19.4. The minimum Gasteiger partial charge on any atom is -0.464 e. The van der Waals surface area contributed by atoms with Gasteiger partial charge in [0.2, 0.25) is 0 Å². The molecule has 2 aromatic rings. The predicted molar refractivity (Wildman–Crippen MR) is 106 cm³/mol. The number of likely N-dealkylation sites (N-methyl/N-ethyl adjacent to an activating group) is 1. The standard InChI is InChI=1S/C23H26F3NO2/c1-3-27(4-2)12-13-29-21(28)22(15-17-8-5-6-9-18(17)16-22)19-10-7-11-20(14-19)23(24,25)26/h5-11,14H,3-4,12-13,15-16H2,1-2H3. The van der Waals surface area contributed by atoms with Crippen LogP contribution >= 0.6 is 0 Å². The van der Waals surface area contributed by atoms with Gasteiger partial charge in [0.25, 0.3) is 0 Å². The SMILES string of the molecule is CCN(CC)CCOC(=O)C1(c2cccc(C(F)(F)F)c2)Cc2ccccc2C1. The van der Waals surface area contributed by atoms with E-state index in [9.17, 15) is 18.0 Å². The highest BCUT2D eigenvalue weighted by Crippen LogP contribution is 2.42. The summed E-state index contributed by atoms with van der Waals surface area (Å²) in [7, 11) is 0. The van der Waals surface area contributed by atoms with Gasteiger partial charge in [0.05, 0.1) is 5.56 Å². The number of alkyl halides is 3. The molecule has 0 radical (unpaired) electrons. The zero-order valence-electron chi connectivity index (χ0n) is 16.8. The minimum absolute atomic E-state index is 0.220. The van der Waals surface area contributed by atoms with Gasteiger partial charge in [-0.15, -0.1) is 0 Å². The second-order valence-corrected chi connectivity index (χ2v) is 7.45. The van der Waals surface area contributed by atoms with Gasteiger partial charge in [0, 0.05) is 6.54 Å². The van der Waals surface area contributed by atoms with E-state index in [1.54, 1.807) is 6.07 Å². The lowest BCUT2D eigenvalue weighted by molar-refractivity contribution is -0.151. The van der Waals surface area contributed by atoms with E-state index in [0.29, 0.717) is 24.9 Å². The van der Waals surface area contributed by atoms with Crippen LogP contribution < -0.4 is 0 Å². The summed E-state index contributed by atoms with van der Waals surface area (Å²) >= 11 is 0. The number of nitrogens with zero attached hydrogens (tertiary/aromatic N) is 1. The van der Waals surface area contributed by atoms with Gasteiger partial charge in [-0.25, -0.2) is 0 Å². The molecule has 1 aliphatic carbocycles. The third-order valence-electron chi connectivity index (χ3n) is 5.77. The normalized spacial score (nSPS) is 15.4. The Labute approximate surface area is 169 Å². The van der Waals surface area contributed by atoms with Gasteiger partial charge in [0.1, 0.15) is 12.0 Å². The Hall–Kier alpha value is -2.34. The van der Waals surface area contributed by atoms with Crippen LogP contribution in [0, 0.1) is 0 Å². The molecule has 0 atom stereocenters. The van der Waals surface area contributed by atoms with E-state index in [0.717, 1.165) is 36.3 Å². The Morgan fingerprint density at radius 2 is 1.66 bits per heavy atom. The van der Waals surface area contributed by atoms with E-state index < -0.39 is 23.1 Å². The van der Waals surface area contributed by atoms with Gasteiger partial charge in [-0.1, -0.05) is 56.3 Å². The van der Waals surface area contributed by atoms with Gasteiger partial charge in [-0.2, -0.15) is 13.2 Å². The second-order valence-electron chi connectivity index (χ2n) is 7.45. The van der Waals surface area contributed by atoms with E-state index >= 15 is 0 Å². The van der Waals surface area contributed by atoms with E-state index in [-0.39, 0.29) is 6.61 Å². The van der Waals surface area contributed by atoms with Crippen LogP contribution in [0.25, 0.3) is 0 Å². The quantitative estimate of drug-likeness (QED) is 0.629. The summed E-state index contributed by atoms with van der Waals surface area (Å²) < 4.78 is 45.5. The summed E-state index contributed by atoms with van der Waals surface area (Å²) in [5, 5.41) is 0. The molecule has 0 aromatic heterocycles. The van der Waals surface area contributed by atoms with Gasteiger partial charge in [-0.3, -0.25) is 4.79 Å². The van der Waals surface area contributed by atoms with Crippen LogP contribution in [0.2, 0.25) is 0 Å². The van der Waals surface area contributed by atoms with E-state index in [2.05, 4.69) is 4.90 Å². The maximum absolute atomic E-state index is 13.3. The predicted octanol–water partition coefficient (Wildman–Crippen LogP) is 4.63. The Morgan fingerprint density at radius 3 is 2.21 bits per heavy atom. The molecule has 0 amide bonds. The van der Waals surface area contributed by atoms with Gasteiger partial charge >= 0.3 is 12.1 Å². The number of halogens is 3. The van der Waals surface area contributed by atoms with Crippen LogP contribution in [0.3, 0.4) is 0 Å². The largest absolute Gasteiger partial charge is 0.464 e. The highest BCUT2D eigenvalue weighted by molar-refractivity contribution is 5.85. The van der Waals surface area contributed by atoms with Crippen molar-refractivity contribution in [3.8, 4) is 0 Å². The molecule has 1 aliphatic rings. The molecule has 29 heavy (non-hydrogen) atoms. The smallest absolute Gasteiger partial charge is 0.416 e. The second kappa shape index (κ2) is 8.57. The van der Waals surface area contributed by atoms with Crippen LogP contribution in [0.4, 0.5) is 13.2 Å². The molecule has 0 bridgehead atoms. The topological polar surface area (TPSA) is 29.5 Å². The van der Waals surface area contributed by atoms with Crippen molar-refractivity contribution in [2.45, 2.75) is 38.3 Å². The van der Waals surface area contributed by atoms with E-state index in [1.165, 1.54) is 6.07 Å². The molecule has 0 unspecified atom stereocenters. The molecule has 2 aromatic carbocycles. The third-order valence-corrected chi connectivity index (χ3v) is 5.77. The molecule has 0 heterocycles. The number of fused-ring (bicyclic) bond motifs is 1. The van der Waals surface area contributed by atoms with Crippen LogP contribution in [0.1, 0.15) is 36.1 Å². The average Bonchev–Trinajstić information content (AvgIpc) is 3.11. The van der Waals surface area contributed by atoms with Crippen molar-refractivity contribution in [1.29, 1.82) is 0 Å².